The highest BCUT2D eigenvalue weighted by Gasteiger charge is 2.62. The highest BCUT2D eigenvalue weighted by atomic mass is 16.6. The number of ether oxygens (including phenoxy) is 3. The number of alkyl carbamates (subject to hydrolysis) is 1. The summed E-state index contributed by atoms with van der Waals surface area (Å²) in [7, 11) is 0. The summed E-state index contributed by atoms with van der Waals surface area (Å²) in [6.07, 6.45) is -0.721. The number of carbonyl (C=O) groups is 5. The number of esters is 2. The highest BCUT2D eigenvalue weighted by Crippen LogP contribution is 2.32. The maximum atomic E-state index is 13.6. The summed E-state index contributed by atoms with van der Waals surface area (Å²) < 4.78 is 15.2. The molecular formula is C28H33N3O8. The molecule has 0 bridgehead atoms. The minimum atomic E-state index is -1.14. The fourth-order valence-electron chi connectivity index (χ4n) is 3.98. The van der Waals surface area contributed by atoms with E-state index in [1.807, 2.05) is 24.3 Å². The summed E-state index contributed by atoms with van der Waals surface area (Å²) in [4.78, 5) is 64.8. The summed E-state index contributed by atoms with van der Waals surface area (Å²) in [6, 6.07) is 13.5. The van der Waals surface area contributed by atoms with Crippen LogP contribution in [0.3, 0.4) is 0 Å². The molecule has 2 aromatic rings. The number of amides is 3. The van der Waals surface area contributed by atoms with Crippen molar-refractivity contribution in [1.82, 2.24) is 15.5 Å². The second-order valence-electron chi connectivity index (χ2n) is 8.82. The van der Waals surface area contributed by atoms with Crippen LogP contribution in [0.5, 0.6) is 0 Å². The largest absolute Gasteiger partial charge is 0.464 e. The van der Waals surface area contributed by atoms with Crippen molar-refractivity contribution in [3.05, 3.63) is 71.8 Å². The maximum absolute atomic E-state index is 13.6. The van der Waals surface area contributed by atoms with Crippen molar-refractivity contribution in [1.29, 1.82) is 0 Å². The molecule has 4 atom stereocenters. The Hall–Kier alpha value is -4.41. The van der Waals surface area contributed by atoms with E-state index >= 15 is 0 Å². The first kappa shape index (κ1) is 29.2. The molecule has 0 spiro atoms. The molecule has 0 unspecified atom stereocenters. The Morgan fingerprint density at radius 2 is 1.28 bits per heavy atom. The van der Waals surface area contributed by atoms with Gasteiger partial charge in [0, 0.05) is 6.42 Å². The van der Waals surface area contributed by atoms with E-state index in [1.165, 1.54) is 6.92 Å². The van der Waals surface area contributed by atoms with E-state index in [-0.39, 0.29) is 26.2 Å². The third kappa shape index (κ3) is 8.03. The topological polar surface area (TPSA) is 140 Å². The molecule has 0 saturated carbocycles. The van der Waals surface area contributed by atoms with Crippen LogP contribution in [0.25, 0.3) is 0 Å². The van der Waals surface area contributed by atoms with E-state index in [0.717, 1.165) is 16.0 Å². The minimum absolute atomic E-state index is 0.0234. The van der Waals surface area contributed by atoms with Crippen LogP contribution in [0.1, 0.15) is 31.9 Å². The molecule has 11 nitrogen and oxygen atoms in total. The first-order valence-corrected chi connectivity index (χ1v) is 12.7. The van der Waals surface area contributed by atoms with Gasteiger partial charge in [0.1, 0.15) is 18.7 Å². The average Bonchev–Trinajstić information content (AvgIpc) is 3.69. The Balaban J connectivity index is 1.70. The molecule has 3 rings (SSSR count). The quantitative estimate of drug-likeness (QED) is 0.236. The van der Waals surface area contributed by atoms with Gasteiger partial charge in [-0.15, -0.1) is 0 Å². The van der Waals surface area contributed by atoms with Crippen molar-refractivity contribution in [3.63, 3.8) is 0 Å². The molecule has 2 aromatic carbocycles. The molecule has 1 fully saturated rings. The first-order chi connectivity index (χ1) is 18.8. The van der Waals surface area contributed by atoms with Crippen molar-refractivity contribution in [3.8, 4) is 0 Å². The van der Waals surface area contributed by atoms with Crippen molar-refractivity contribution in [2.45, 2.75) is 58.0 Å². The number of rotatable bonds is 12. The standard InChI is InChI=1S/C28H33N3O8/c1-4-37-26(34)22-23(27(35)38-5-2)31(22)25(33)21(16-19-12-8-6-9-13-19)30-24(32)18(3)29-28(36)39-17-20-14-10-7-11-15-20/h6-15,18,21-23H,4-5,16-17H2,1-3H3,(H,29,36)(H,30,32)/t18-,21-,22+,23+/m0/s1. The average molecular weight is 540 g/mol. The molecule has 39 heavy (non-hydrogen) atoms. The Bertz CT molecular complexity index is 1130. The molecule has 1 heterocycles. The van der Waals surface area contributed by atoms with Gasteiger partial charge in [-0.2, -0.15) is 0 Å². The van der Waals surface area contributed by atoms with Gasteiger partial charge in [-0.05, 0) is 31.9 Å². The third-order valence-electron chi connectivity index (χ3n) is 5.96. The monoisotopic (exact) mass is 539 g/mol. The van der Waals surface area contributed by atoms with Crippen molar-refractivity contribution in [2.75, 3.05) is 13.2 Å². The number of nitrogens with zero attached hydrogens (tertiary/aromatic N) is 1. The molecule has 3 amide bonds. The zero-order valence-electron chi connectivity index (χ0n) is 22.1. The SMILES string of the molecule is CCOC(=O)[C@H]1[C@H](C(=O)OCC)N1C(=O)[C@H](Cc1ccccc1)NC(=O)[C@H](C)NC(=O)OCc1ccccc1. The van der Waals surface area contributed by atoms with Gasteiger partial charge in [-0.3, -0.25) is 9.59 Å². The van der Waals surface area contributed by atoms with Gasteiger partial charge < -0.3 is 29.7 Å². The number of hydrogen-bond donors (Lipinski definition) is 2. The summed E-state index contributed by atoms with van der Waals surface area (Å²) in [6.45, 7) is 4.84. The Morgan fingerprint density at radius 1 is 0.769 bits per heavy atom. The Morgan fingerprint density at radius 3 is 1.79 bits per heavy atom. The number of hydrogen-bond acceptors (Lipinski definition) is 8. The molecule has 0 aromatic heterocycles. The van der Waals surface area contributed by atoms with Crippen LogP contribution in [0.15, 0.2) is 60.7 Å². The molecule has 1 aliphatic heterocycles. The van der Waals surface area contributed by atoms with Crippen LogP contribution in [0.4, 0.5) is 4.79 Å². The van der Waals surface area contributed by atoms with Crippen molar-refractivity contribution >= 4 is 29.8 Å². The lowest BCUT2D eigenvalue weighted by atomic mass is 10.0. The van der Waals surface area contributed by atoms with E-state index < -0.39 is 54.0 Å². The second kappa shape index (κ2) is 13.9. The van der Waals surface area contributed by atoms with Crippen LogP contribution < -0.4 is 10.6 Å². The van der Waals surface area contributed by atoms with Gasteiger partial charge >= 0.3 is 18.0 Å². The maximum Gasteiger partial charge on any atom is 0.408 e. The highest BCUT2D eigenvalue weighted by molar-refractivity contribution is 6.03. The van der Waals surface area contributed by atoms with Gasteiger partial charge in [0.15, 0.2) is 12.1 Å². The fraction of sp³-hybridized carbons (Fsp3) is 0.393. The van der Waals surface area contributed by atoms with Gasteiger partial charge in [0.25, 0.3) is 0 Å². The van der Waals surface area contributed by atoms with Crippen LogP contribution in [0, 0.1) is 0 Å². The van der Waals surface area contributed by atoms with E-state index in [2.05, 4.69) is 10.6 Å². The molecule has 11 heteroatoms. The Kier molecular flexibility index (Phi) is 10.4. The number of nitrogens with one attached hydrogen (secondary N) is 2. The molecule has 1 aliphatic rings. The zero-order chi connectivity index (χ0) is 28.4. The van der Waals surface area contributed by atoms with Gasteiger partial charge in [-0.1, -0.05) is 60.7 Å². The third-order valence-corrected chi connectivity index (χ3v) is 5.96. The Labute approximate surface area is 226 Å². The van der Waals surface area contributed by atoms with Crippen LogP contribution in [-0.4, -0.2) is 72.1 Å². The lowest BCUT2D eigenvalue weighted by molar-refractivity contribution is -0.147. The summed E-state index contributed by atoms with van der Waals surface area (Å²) in [5.41, 5.74) is 1.52. The van der Waals surface area contributed by atoms with E-state index in [1.54, 1.807) is 50.2 Å². The van der Waals surface area contributed by atoms with Crippen molar-refractivity contribution < 1.29 is 38.2 Å². The van der Waals surface area contributed by atoms with Gasteiger partial charge in [-0.25, -0.2) is 14.4 Å². The van der Waals surface area contributed by atoms with Crippen molar-refractivity contribution in [2.24, 2.45) is 0 Å². The number of benzene rings is 2. The lowest BCUT2D eigenvalue weighted by Gasteiger charge is -2.22. The second-order valence-corrected chi connectivity index (χ2v) is 8.82. The molecule has 1 saturated heterocycles. The summed E-state index contributed by atoms with van der Waals surface area (Å²) >= 11 is 0. The molecular weight excluding hydrogens is 506 g/mol. The first-order valence-electron chi connectivity index (χ1n) is 12.7. The van der Waals surface area contributed by atoms with Gasteiger partial charge in [0.2, 0.25) is 11.8 Å². The van der Waals surface area contributed by atoms with Gasteiger partial charge in [0.05, 0.1) is 13.2 Å². The smallest absolute Gasteiger partial charge is 0.408 e. The fourth-order valence-corrected chi connectivity index (χ4v) is 3.98. The number of carbonyl (C=O) groups excluding carboxylic acids is 5. The van der Waals surface area contributed by atoms with E-state index in [9.17, 15) is 24.0 Å². The molecule has 0 aliphatic carbocycles. The molecule has 2 N–H and O–H groups in total. The summed E-state index contributed by atoms with van der Waals surface area (Å²) in [5.74, 6) is -2.76. The minimum Gasteiger partial charge on any atom is -0.464 e. The molecule has 208 valence electrons. The van der Waals surface area contributed by atoms with E-state index in [4.69, 9.17) is 14.2 Å². The normalized spacial score (nSPS) is 17.3. The molecule has 0 radical (unpaired) electrons. The summed E-state index contributed by atoms with van der Waals surface area (Å²) in [5, 5.41) is 5.09. The predicted molar refractivity (Wildman–Crippen MR) is 139 cm³/mol. The van der Waals surface area contributed by atoms with E-state index in [0.29, 0.717) is 0 Å². The zero-order valence-corrected chi connectivity index (χ0v) is 22.1. The predicted octanol–water partition coefficient (Wildman–Crippen LogP) is 1.73. The van der Waals surface area contributed by atoms with Crippen LogP contribution >= 0.6 is 0 Å². The lowest BCUT2D eigenvalue weighted by Crippen LogP contribution is -2.52. The van der Waals surface area contributed by atoms with Crippen LogP contribution in [0.2, 0.25) is 0 Å². The van der Waals surface area contributed by atoms with Crippen LogP contribution in [-0.2, 0) is 46.4 Å².